The number of hydrogen-bond donors (Lipinski definition) is 7. The van der Waals surface area contributed by atoms with Gasteiger partial charge >= 0.3 is 17.9 Å². The molecule has 4 unspecified atom stereocenters. The van der Waals surface area contributed by atoms with Crippen LogP contribution in [0.5, 0.6) is 0 Å². The SMILES string of the molecule is NC(CC(=O)O)C(=O)N1CCCC1C(=O)NC(CCC(=O)O)C(=O)NC(CO)C(=O)O. The minimum Gasteiger partial charge on any atom is -0.481 e. The molecule has 0 bridgehead atoms. The Bertz CT molecular complexity index is 728. The Kier molecular flexibility index (Phi) is 9.82. The molecule has 3 amide bonds. The van der Waals surface area contributed by atoms with E-state index in [2.05, 4.69) is 5.32 Å². The Morgan fingerprint density at radius 2 is 1.65 bits per heavy atom. The number of nitrogens with one attached hydrogen (secondary N) is 2. The van der Waals surface area contributed by atoms with Crippen LogP contribution in [0, 0.1) is 0 Å². The summed E-state index contributed by atoms with van der Waals surface area (Å²) in [5, 5.41) is 39.9. The lowest BCUT2D eigenvalue weighted by molar-refractivity contribution is -0.145. The molecule has 0 aromatic heterocycles. The van der Waals surface area contributed by atoms with Crippen LogP contribution in [-0.4, -0.2) is 98.3 Å². The highest BCUT2D eigenvalue weighted by Gasteiger charge is 2.38. The van der Waals surface area contributed by atoms with Gasteiger partial charge in [0, 0.05) is 13.0 Å². The van der Waals surface area contributed by atoms with Gasteiger partial charge in [-0.05, 0) is 19.3 Å². The Morgan fingerprint density at radius 1 is 1.00 bits per heavy atom. The van der Waals surface area contributed by atoms with Gasteiger partial charge in [-0.25, -0.2) is 4.79 Å². The molecule has 174 valence electrons. The van der Waals surface area contributed by atoms with Crippen molar-refractivity contribution >= 4 is 35.6 Å². The van der Waals surface area contributed by atoms with Gasteiger partial charge in [0.1, 0.15) is 18.1 Å². The van der Waals surface area contributed by atoms with Crippen LogP contribution in [0.25, 0.3) is 0 Å². The van der Waals surface area contributed by atoms with Crippen LogP contribution in [0.4, 0.5) is 0 Å². The molecule has 14 heteroatoms. The minimum absolute atomic E-state index is 0.141. The van der Waals surface area contributed by atoms with Crippen molar-refractivity contribution in [2.75, 3.05) is 13.2 Å². The molecule has 14 nitrogen and oxygen atoms in total. The van der Waals surface area contributed by atoms with Crippen LogP contribution in [0.15, 0.2) is 0 Å². The van der Waals surface area contributed by atoms with Crippen molar-refractivity contribution in [1.29, 1.82) is 0 Å². The molecule has 1 saturated heterocycles. The van der Waals surface area contributed by atoms with Crippen molar-refractivity contribution in [2.24, 2.45) is 5.73 Å². The van der Waals surface area contributed by atoms with E-state index in [1.807, 2.05) is 5.32 Å². The molecule has 31 heavy (non-hydrogen) atoms. The van der Waals surface area contributed by atoms with Gasteiger partial charge in [0.15, 0.2) is 0 Å². The number of carboxylic acid groups (broad SMARTS) is 3. The summed E-state index contributed by atoms with van der Waals surface area (Å²) in [6, 6.07) is -5.52. The summed E-state index contributed by atoms with van der Waals surface area (Å²) in [5.41, 5.74) is 5.58. The Balaban J connectivity index is 2.91. The van der Waals surface area contributed by atoms with E-state index in [4.69, 9.17) is 26.2 Å². The maximum atomic E-state index is 12.7. The summed E-state index contributed by atoms with van der Waals surface area (Å²) in [6.07, 6.45) is -0.902. The summed E-state index contributed by atoms with van der Waals surface area (Å²) in [4.78, 5) is 71.2. The van der Waals surface area contributed by atoms with E-state index in [1.165, 1.54) is 0 Å². The molecule has 4 atom stereocenters. The second-order valence-corrected chi connectivity index (χ2v) is 6.97. The number of aliphatic hydroxyl groups excluding tert-OH is 1. The first-order chi connectivity index (χ1) is 14.5. The zero-order valence-electron chi connectivity index (χ0n) is 16.5. The number of hydrogen-bond acceptors (Lipinski definition) is 8. The summed E-state index contributed by atoms with van der Waals surface area (Å²) in [5.74, 6) is -6.65. The number of carbonyl (C=O) groups is 6. The number of aliphatic carboxylic acids is 3. The minimum atomic E-state index is -1.66. The zero-order chi connectivity index (χ0) is 23.7. The number of carbonyl (C=O) groups excluding carboxylic acids is 3. The molecule has 0 saturated carbocycles. The molecule has 0 aromatic rings. The largest absolute Gasteiger partial charge is 0.481 e. The number of aliphatic hydroxyl groups is 1. The molecule has 1 aliphatic rings. The molecule has 1 rings (SSSR count). The van der Waals surface area contributed by atoms with Crippen molar-refractivity contribution in [2.45, 2.75) is 56.3 Å². The average molecular weight is 446 g/mol. The van der Waals surface area contributed by atoms with E-state index in [0.29, 0.717) is 6.42 Å². The van der Waals surface area contributed by atoms with Crippen molar-refractivity contribution in [3.8, 4) is 0 Å². The molecule has 1 fully saturated rings. The summed E-state index contributed by atoms with van der Waals surface area (Å²) in [6.45, 7) is -0.783. The second kappa shape index (κ2) is 11.8. The molecule has 0 aromatic carbocycles. The number of nitrogens with two attached hydrogens (primary N) is 1. The Morgan fingerprint density at radius 3 is 2.16 bits per heavy atom. The topological polar surface area (TPSA) is 237 Å². The number of nitrogens with zero attached hydrogens (tertiary/aromatic N) is 1. The van der Waals surface area contributed by atoms with Crippen molar-refractivity contribution in [1.82, 2.24) is 15.5 Å². The van der Waals surface area contributed by atoms with E-state index in [1.54, 1.807) is 0 Å². The predicted molar refractivity (Wildman–Crippen MR) is 100 cm³/mol. The van der Waals surface area contributed by atoms with E-state index in [0.717, 1.165) is 4.90 Å². The lowest BCUT2D eigenvalue weighted by Gasteiger charge is -2.28. The van der Waals surface area contributed by atoms with Gasteiger partial charge in [0.05, 0.1) is 19.1 Å². The molecule has 0 spiro atoms. The summed E-state index contributed by atoms with van der Waals surface area (Å²) >= 11 is 0. The molecule has 0 aliphatic carbocycles. The highest BCUT2D eigenvalue weighted by atomic mass is 16.4. The van der Waals surface area contributed by atoms with E-state index in [9.17, 15) is 28.8 Å². The van der Waals surface area contributed by atoms with Crippen LogP contribution in [0.2, 0.25) is 0 Å². The third-order valence-corrected chi connectivity index (χ3v) is 4.63. The number of carboxylic acids is 3. The first-order valence-corrected chi connectivity index (χ1v) is 9.42. The lowest BCUT2D eigenvalue weighted by Crippen LogP contribution is -2.57. The zero-order valence-corrected chi connectivity index (χ0v) is 16.5. The number of amides is 3. The van der Waals surface area contributed by atoms with Gasteiger partial charge in [-0.3, -0.25) is 24.0 Å². The van der Waals surface area contributed by atoms with E-state index >= 15 is 0 Å². The quantitative estimate of drug-likeness (QED) is 0.157. The highest BCUT2D eigenvalue weighted by Crippen LogP contribution is 2.19. The molecule has 0 radical (unpaired) electrons. The fourth-order valence-corrected chi connectivity index (χ4v) is 3.05. The Labute approximate surface area is 176 Å². The molecule has 1 aliphatic heterocycles. The Hall–Kier alpha value is -3.26. The smallest absolute Gasteiger partial charge is 0.328 e. The maximum Gasteiger partial charge on any atom is 0.328 e. The van der Waals surface area contributed by atoms with Crippen LogP contribution in [0.3, 0.4) is 0 Å². The first kappa shape index (κ1) is 25.8. The van der Waals surface area contributed by atoms with Crippen LogP contribution < -0.4 is 16.4 Å². The monoisotopic (exact) mass is 446 g/mol. The average Bonchev–Trinajstić information content (AvgIpc) is 3.17. The normalized spacial score (nSPS) is 18.5. The first-order valence-electron chi connectivity index (χ1n) is 9.42. The van der Waals surface area contributed by atoms with Gasteiger partial charge < -0.3 is 41.7 Å². The van der Waals surface area contributed by atoms with Gasteiger partial charge in [-0.15, -0.1) is 0 Å². The van der Waals surface area contributed by atoms with Crippen molar-refractivity contribution in [3.63, 3.8) is 0 Å². The fourth-order valence-electron chi connectivity index (χ4n) is 3.05. The van der Waals surface area contributed by atoms with Crippen LogP contribution in [-0.2, 0) is 28.8 Å². The standard InChI is InChI=1S/C17H26N4O10/c18-8(6-13(25)26)16(29)21-5-1-2-11(21)15(28)19-9(3-4-12(23)24)14(27)20-10(7-22)17(30)31/h8-11,22H,1-7,18H2,(H,19,28)(H,20,27)(H,23,24)(H,25,26)(H,30,31). The third-order valence-electron chi connectivity index (χ3n) is 4.63. The van der Waals surface area contributed by atoms with Gasteiger partial charge in [0.25, 0.3) is 0 Å². The van der Waals surface area contributed by atoms with Crippen molar-refractivity contribution in [3.05, 3.63) is 0 Å². The van der Waals surface area contributed by atoms with E-state index < -0.39 is 79.2 Å². The van der Waals surface area contributed by atoms with Crippen LogP contribution in [0.1, 0.15) is 32.1 Å². The fraction of sp³-hybridized carbons (Fsp3) is 0.647. The van der Waals surface area contributed by atoms with Crippen molar-refractivity contribution < 1.29 is 49.2 Å². The maximum absolute atomic E-state index is 12.7. The predicted octanol–water partition coefficient (Wildman–Crippen LogP) is -3.31. The molecule has 8 N–H and O–H groups in total. The summed E-state index contributed by atoms with van der Waals surface area (Å²) in [7, 11) is 0. The van der Waals surface area contributed by atoms with E-state index in [-0.39, 0.29) is 19.4 Å². The third kappa shape index (κ3) is 7.82. The second-order valence-electron chi connectivity index (χ2n) is 6.97. The van der Waals surface area contributed by atoms with Gasteiger partial charge in [-0.2, -0.15) is 0 Å². The van der Waals surface area contributed by atoms with Gasteiger partial charge in [-0.1, -0.05) is 0 Å². The molecular formula is C17H26N4O10. The molecule has 1 heterocycles. The lowest BCUT2D eigenvalue weighted by atomic mass is 10.1. The molecular weight excluding hydrogens is 420 g/mol. The number of rotatable bonds is 12. The van der Waals surface area contributed by atoms with Crippen LogP contribution >= 0.6 is 0 Å². The number of likely N-dealkylation sites (tertiary alicyclic amines) is 1. The van der Waals surface area contributed by atoms with Gasteiger partial charge in [0.2, 0.25) is 17.7 Å². The summed E-state index contributed by atoms with van der Waals surface area (Å²) < 4.78 is 0. The highest BCUT2D eigenvalue weighted by molar-refractivity contribution is 5.95.